The number of hydrogen-bond donors (Lipinski definition) is 2. The number of nitrogens with zero attached hydrogens (tertiary/aromatic N) is 3. The molecule has 0 aliphatic rings. The molecule has 2 aromatic carbocycles. The third-order valence-corrected chi connectivity index (χ3v) is 4.86. The summed E-state index contributed by atoms with van der Waals surface area (Å²) in [5, 5.41) is 24.6. The minimum Gasteiger partial charge on any atom is -0.369 e. The van der Waals surface area contributed by atoms with Crippen LogP contribution in [0.15, 0.2) is 72.9 Å². The van der Waals surface area contributed by atoms with Gasteiger partial charge in [0.25, 0.3) is 0 Å². The Labute approximate surface area is 166 Å². The average Bonchev–Trinajstić information content (AvgIpc) is 3.18. The van der Waals surface area contributed by atoms with Gasteiger partial charge in [-0.25, -0.2) is 4.98 Å². The molecule has 0 bridgehead atoms. The summed E-state index contributed by atoms with van der Waals surface area (Å²) < 4.78 is 0. The zero-order chi connectivity index (χ0) is 20.2. The van der Waals surface area contributed by atoms with Crippen LogP contribution in [0.3, 0.4) is 0 Å². The van der Waals surface area contributed by atoms with E-state index in [2.05, 4.69) is 33.5 Å². The van der Waals surface area contributed by atoms with Crippen molar-refractivity contribution in [2.45, 2.75) is 5.92 Å². The van der Waals surface area contributed by atoms with E-state index in [1.807, 2.05) is 42.6 Å². The Morgan fingerprint density at radius 2 is 1.86 bits per heavy atom. The van der Waals surface area contributed by atoms with E-state index in [4.69, 9.17) is 5.26 Å². The number of aromatic nitrogens is 2. The van der Waals surface area contributed by atoms with E-state index in [-0.39, 0.29) is 17.3 Å². The van der Waals surface area contributed by atoms with Gasteiger partial charge in [-0.1, -0.05) is 48.5 Å². The molecule has 2 heterocycles. The number of rotatable bonds is 6. The second-order valence-electron chi connectivity index (χ2n) is 6.57. The lowest BCUT2D eigenvalue weighted by molar-refractivity contribution is -0.385. The number of pyridine rings is 1. The fraction of sp³-hybridized carbons (Fsp3) is 0.0909. The highest BCUT2D eigenvalue weighted by Gasteiger charge is 2.19. The van der Waals surface area contributed by atoms with Crippen molar-refractivity contribution in [1.29, 1.82) is 5.26 Å². The van der Waals surface area contributed by atoms with Crippen molar-refractivity contribution in [3.05, 3.63) is 99.9 Å². The molecule has 7 heteroatoms. The van der Waals surface area contributed by atoms with E-state index >= 15 is 0 Å². The molecular weight excluding hydrogens is 366 g/mol. The molecule has 0 aliphatic carbocycles. The lowest BCUT2D eigenvalue weighted by Gasteiger charge is -2.18. The summed E-state index contributed by atoms with van der Waals surface area (Å²) in [5.41, 5.74) is 2.83. The van der Waals surface area contributed by atoms with Crippen molar-refractivity contribution in [1.82, 2.24) is 9.97 Å². The average molecular weight is 383 g/mol. The number of nitrogens with one attached hydrogen (secondary N) is 2. The fourth-order valence-corrected chi connectivity index (χ4v) is 3.46. The van der Waals surface area contributed by atoms with Crippen molar-refractivity contribution in [2.24, 2.45) is 0 Å². The molecule has 29 heavy (non-hydrogen) atoms. The quantitative estimate of drug-likeness (QED) is 0.374. The first-order valence-corrected chi connectivity index (χ1v) is 9.07. The first-order chi connectivity index (χ1) is 14.2. The van der Waals surface area contributed by atoms with Gasteiger partial charge < -0.3 is 10.3 Å². The second kappa shape index (κ2) is 7.82. The van der Waals surface area contributed by atoms with Gasteiger partial charge in [-0.15, -0.1) is 0 Å². The Kier molecular flexibility index (Phi) is 4.91. The molecule has 7 nitrogen and oxygen atoms in total. The Balaban J connectivity index is 1.67. The number of nitro groups is 1. The highest BCUT2D eigenvalue weighted by Crippen LogP contribution is 2.31. The number of fused-ring (bicyclic) bond motifs is 1. The number of nitriles is 1. The van der Waals surface area contributed by atoms with Gasteiger partial charge in [-0.3, -0.25) is 10.1 Å². The molecule has 142 valence electrons. The third kappa shape index (κ3) is 3.64. The molecule has 0 amide bonds. The minimum absolute atomic E-state index is 0.0230. The number of para-hydroxylation sites is 1. The summed E-state index contributed by atoms with van der Waals surface area (Å²) in [6, 6.07) is 22.8. The Morgan fingerprint density at radius 3 is 2.62 bits per heavy atom. The van der Waals surface area contributed by atoms with Crippen LogP contribution in [0.1, 0.15) is 22.7 Å². The molecule has 1 atom stereocenters. The second-order valence-corrected chi connectivity index (χ2v) is 6.57. The van der Waals surface area contributed by atoms with Gasteiger partial charge in [0.2, 0.25) is 5.69 Å². The van der Waals surface area contributed by atoms with Crippen LogP contribution >= 0.6 is 0 Å². The standard InChI is InChI=1S/C22H17N5O2/c23-12-20-21(27(28)29)10-11-22(26-20)25-13-17(15-6-2-1-3-7-15)18-14-24-19-9-5-4-8-16(18)19/h1-11,14,17,24H,13H2,(H,25,26). The summed E-state index contributed by atoms with van der Waals surface area (Å²) in [4.78, 5) is 17.8. The monoisotopic (exact) mass is 383 g/mol. The summed E-state index contributed by atoms with van der Waals surface area (Å²) in [7, 11) is 0. The van der Waals surface area contributed by atoms with Crippen molar-refractivity contribution in [2.75, 3.05) is 11.9 Å². The van der Waals surface area contributed by atoms with Gasteiger partial charge in [0.05, 0.1) is 4.92 Å². The van der Waals surface area contributed by atoms with Crippen molar-refractivity contribution < 1.29 is 4.92 Å². The van der Waals surface area contributed by atoms with Crippen molar-refractivity contribution in [3.8, 4) is 6.07 Å². The molecule has 0 saturated heterocycles. The van der Waals surface area contributed by atoms with Gasteiger partial charge in [0, 0.05) is 35.6 Å². The molecule has 0 radical (unpaired) electrons. The van der Waals surface area contributed by atoms with E-state index in [1.54, 1.807) is 6.07 Å². The maximum Gasteiger partial charge on any atom is 0.305 e. The van der Waals surface area contributed by atoms with Gasteiger partial charge >= 0.3 is 5.69 Å². The number of anilines is 1. The van der Waals surface area contributed by atoms with E-state index < -0.39 is 4.92 Å². The zero-order valence-electron chi connectivity index (χ0n) is 15.4. The van der Waals surface area contributed by atoms with Crippen LogP contribution in [-0.2, 0) is 0 Å². The summed E-state index contributed by atoms with van der Waals surface area (Å²) >= 11 is 0. The van der Waals surface area contributed by atoms with Crippen LogP contribution in [0.5, 0.6) is 0 Å². The topological polar surface area (TPSA) is 108 Å². The molecular formula is C22H17N5O2. The molecule has 2 N–H and O–H groups in total. The highest BCUT2D eigenvalue weighted by atomic mass is 16.6. The van der Waals surface area contributed by atoms with Gasteiger partial charge in [0.15, 0.2) is 0 Å². The Bertz CT molecular complexity index is 1210. The first kappa shape index (κ1) is 18.2. The molecule has 4 aromatic rings. The smallest absolute Gasteiger partial charge is 0.305 e. The first-order valence-electron chi connectivity index (χ1n) is 9.07. The molecule has 0 aliphatic heterocycles. The number of aromatic amines is 1. The van der Waals surface area contributed by atoms with Crippen molar-refractivity contribution in [3.63, 3.8) is 0 Å². The molecule has 1 unspecified atom stereocenters. The summed E-state index contributed by atoms with van der Waals surface area (Å²) in [6.07, 6.45) is 2.01. The summed E-state index contributed by atoms with van der Waals surface area (Å²) in [5.74, 6) is 0.447. The number of benzene rings is 2. The normalized spacial score (nSPS) is 11.7. The van der Waals surface area contributed by atoms with Gasteiger partial charge in [0.1, 0.15) is 11.9 Å². The lowest BCUT2D eigenvalue weighted by atomic mass is 9.91. The minimum atomic E-state index is -0.603. The molecule has 0 saturated carbocycles. The van der Waals surface area contributed by atoms with Crippen LogP contribution in [0, 0.1) is 21.4 Å². The van der Waals surface area contributed by atoms with Crippen LogP contribution < -0.4 is 5.32 Å². The number of hydrogen-bond acceptors (Lipinski definition) is 5. The molecule has 0 fully saturated rings. The van der Waals surface area contributed by atoms with Crippen LogP contribution in [-0.4, -0.2) is 21.4 Å². The predicted molar refractivity (Wildman–Crippen MR) is 111 cm³/mol. The molecule has 4 rings (SSSR count). The number of H-pyrrole nitrogens is 1. The maximum absolute atomic E-state index is 11.0. The Hall–Kier alpha value is -4.18. The predicted octanol–water partition coefficient (Wildman–Crippen LogP) is 4.59. The third-order valence-electron chi connectivity index (χ3n) is 4.86. The Morgan fingerprint density at radius 1 is 1.10 bits per heavy atom. The van der Waals surface area contributed by atoms with E-state index in [1.165, 1.54) is 12.1 Å². The summed E-state index contributed by atoms with van der Waals surface area (Å²) in [6.45, 7) is 0.515. The SMILES string of the molecule is N#Cc1nc(NCC(c2ccccc2)c2c[nH]c3ccccc23)ccc1[N+](=O)[O-]. The van der Waals surface area contributed by atoms with Crippen LogP contribution in [0.25, 0.3) is 10.9 Å². The van der Waals surface area contributed by atoms with Crippen LogP contribution in [0.4, 0.5) is 11.5 Å². The van der Waals surface area contributed by atoms with Crippen molar-refractivity contribution >= 4 is 22.4 Å². The van der Waals surface area contributed by atoms with Gasteiger partial charge in [-0.05, 0) is 23.3 Å². The highest BCUT2D eigenvalue weighted by molar-refractivity contribution is 5.84. The van der Waals surface area contributed by atoms with Crippen LogP contribution in [0.2, 0.25) is 0 Å². The lowest BCUT2D eigenvalue weighted by Crippen LogP contribution is -2.15. The molecule has 2 aromatic heterocycles. The maximum atomic E-state index is 11.0. The fourth-order valence-electron chi connectivity index (χ4n) is 3.46. The van der Waals surface area contributed by atoms with Gasteiger partial charge in [-0.2, -0.15) is 5.26 Å². The molecule has 0 spiro atoms. The van der Waals surface area contributed by atoms with E-state index in [0.29, 0.717) is 12.4 Å². The van der Waals surface area contributed by atoms with E-state index in [9.17, 15) is 10.1 Å². The zero-order valence-corrected chi connectivity index (χ0v) is 15.4. The largest absolute Gasteiger partial charge is 0.369 e. The van der Waals surface area contributed by atoms with E-state index in [0.717, 1.165) is 22.0 Å².